The van der Waals surface area contributed by atoms with E-state index in [1.54, 1.807) is 25.1 Å². The number of nitrogens with zero attached hydrogens (tertiary/aromatic N) is 1. The molecular formula is C22H18Br2N2O7. The third kappa shape index (κ3) is 5.42. The summed E-state index contributed by atoms with van der Waals surface area (Å²) in [5, 5.41) is 11.0. The molecule has 0 unspecified atom stereocenters. The zero-order valence-electron chi connectivity index (χ0n) is 17.5. The number of nitrogens with one attached hydrogen (secondary N) is 1. The lowest BCUT2D eigenvalue weighted by atomic mass is 10.1. The first kappa shape index (κ1) is 24.5. The van der Waals surface area contributed by atoms with Crippen molar-refractivity contribution >= 4 is 67.4 Å². The summed E-state index contributed by atoms with van der Waals surface area (Å²) in [6, 6.07) is 7.06. The monoisotopic (exact) mass is 580 g/mol. The minimum absolute atomic E-state index is 0.176. The van der Waals surface area contributed by atoms with Crippen LogP contribution in [0.4, 0.5) is 10.5 Å². The van der Waals surface area contributed by atoms with Gasteiger partial charge in [0.25, 0.3) is 11.8 Å². The smallest absolute Gasteiger partial charge is 0.341 e. The average molecular weight is 582 g/mol. The maximum atomic E-state index is 13.1. The van der Waals surface area contributed by atoms with Gasteiger partial charge in [0.2, 0.25) is 0 Å². The number of carbonyl (C=O) groups excluding carboxylic acids is 3. The van der Waals surface area contributed by atoms with E-state index in [0.717, 1.165) is 14.9 Å². The molecule has 1 aliphatic rings. The summed E-state index contributed by atoms with van der Waals surface area (Å²) in [5.41, 5.74) is 1.23. The minimum Gasteiger partial charge on any atom is -0.490 e. The molecule has 0 saturated carbocycles. The van der Waals surface area contributed by atoms with Crippen molar-refractivity contribution in [2.45, 2.75) is 13.8 Å². The molecule has 0 aromatic heterocycles. The van der Waals surface area contributed by atoms with Gasteiger partial charge in [-0.25, -0.2) is 14.5 Å². The lowest BCUT2D eigenvalue weighted by Crippen LogP contribution is -2.54. The van der Waals surface area contributed by atoms with Crippen molar-refractivity contribution in [2.24, 2.45) is 0 Å². The van der Waals surface area contributed by atoms with Gasteiger partial charge in [-0.15, -0.1) is 0 Å². The number of carboxylic acid groups (broad SMARTS) is 1. The average Bonchev–Trinajstić information content (AvgIpc) is 2.74. The van der Waals surface area contributed by atoms with Crippen LogP contribution in [0, 0.1) is 6.92 Å². The number of carbonyl (C=O) groups is 4. The molecule has 9 nitrogen and oxygen atoms in total. The zero-order valence-corrected chi connectivity index (χ0v) is 20.7. The second kappa shape index (κ2) is 10.2. The van der Waals surface area contributed by atoms with Crippen LogP contribution in [0.5, 0.6) is 11.5 Å². The Morgan fingerprint density at radius 2 is 1.79 bits per heavy atom. The highest BCUT2D eigenvalue weighted by Crippen LogP contribution is 2.35. The molecule has 33 heavy (non-hydrogen) atoms. The number of hydrogen-bond acceptors (Lipinski definition) is 6. The fraction of sp³-hybridized carbons (Fsp3) is 0.182. The summed E-state index contributed by atoms with van der Waals surface area (Å²) < 4.78 is 12.0. The maximum Gasteiger partial charge on any atom is 0.341 e. The number of carboxylic acids is 1. The van der Waals surface area contributed by atoms with Gasteiger partial charge in [-0.1, -0.05) is 31.9 Å². The fourth-order valence-electron chi connectivity index (χ4n) is 3.00. The number of benzene rings is 2. The molecular weight excluding hydrogens is 564 g/mol. The highest BCUT2D eigenvalue weighted by atomic mass is 79.9. The molecule has 1 aliphatic heterocycles. The summed E-state index contributed by atoms with van der Waals surface area (Å²) >= 11 is 6.71. The van der Waals surface area contributed by atoms with E-state index in [9.17, 15) is 19.2 Å². The lowest BCUT2D eigenvalue weighted by Gasteiger charge is -2.27. The normalized spacial score (nSPS) is 15.0. The van der Waals surface area contributed by atoms with Gasteiger partial charge >= 0.3 is 12.0 Å². The Morgan fingerprint density at radius 3 is 2.42 bits per heavy atom. The molecule has 1 heterocycles. The summed E-state index contributed by atoms with van der Waals surface area (Å²) in [6.45, 7) is 3.24. The molecule has 0 atom stereocenters. The van der Waals surface area contributed by atoms with Gasteiger partial charge in [-0.05, 0) is 61.4 Å². The Labute approximate surface area is 205 Å². The number of barbiturate groups is 1. The Hall–Kier alpha value is -3.18. The van der Waals surface area contributed by atoms with Crippen LogP contribution in [0.15, 0.2) is 44.9 Å². The molecule has 172 valence electrons. The van der Waals surface area contributed by atoms with Gasteiger partial charge in [0.05, 0.1) is 12.3 Å². The summed E-state index contributed by atoms with van der Waals surface area (Å²) in [6.07, 6.45) is 1.32. The van der Waals surface area contributed by atoms with Gasteiger partial charge in [-0.2, -0.15) is 0 Å². The first-order valence-corrected chi connectivity index (χ1v) is 11.2. The van der Waals surface area contributed by atoms with Gasteiger partial charge in [-0.3, -0.25) is 14.9 Å². The van der Waals surface area contributed by atoms with Gasteiger partial charge < -0.3 is 14.6 Å². The molecule has 4 amide bonds. The van der Waals surface area contributed by atoms with E-state index in [2.05, 4.69) is 37.2 Å². The second-order valence-electron chi connectivity index (χ2n) is 6.83. The predicted molar refractivity (Wildman–Crippen MR) is 126 cm³/mol. The van der Waals surface area contributed by atoms with Crippen molar-refractivity contribution in [2.75, 3.05) is 18.1 Å². The van der Waals surface area contributed by atoms with Crippen LogP contribution in [0.3, 0.4) is 0 Å². The van der Waals surface area contributed by atoms with Crippen LogP contribution in [0.2, 0.25) is 0 Å². The van der Waals surface area contributed by atoms with E-state index in [1.807, 2.05) is 6.92 Å². The van der Waals surface area contributed by atoms with Crippen molar-refractivity contribution in [3.8, 4) is 11.5 Å². The van der Waals surface area contributed by atoms with Crippen molar-refractivity contribution in [1.82, 2.24) is 5.32 Å². The van der Waals surface area contributed by atoms with Crippen molar-refractivity contribution < 1.29 is 33.8 Å². The van der Waals surface area contributed by atoms with Gasteiger partial charge in [0, 0.05) is 8.95 Å². The number of aliphatic carboxylic acids is 1. The predicted octanol–water partition coefficient (Wildman–Crippen LogP) is 4.05. The van der Waals surface area contributed by atoms with E-state index in [0.29, 0.717) is 15.7 Å². The van der Waals surface area contributed by atoms with Crippen LogP contribution in [0.25, 0.3) is 6.08 Å². The summed E-state index contributed by atoms with van der Waals surface area (Å²) in [5.74, 6) is -2.38. The maximum absolute atomic E-state index is 13.1. The Bertz CT molecular complexity index is 1190. The van der Waals surface area contributed by atoms with Crippen LogP contribution in [-0.2, 0) is 14.4 Å². The first-order chi connectivity index (χ1) is 15.6. The van der Waals surface area contributed by atoms with E-state index in [4.69, 9.17) is 14.6 Å². The highest BCUT2D eigenvalue weighted by Gasteiger charge is 2.37. The van der Waals surface area contributed by atoms with E-state index in [1.165, 1.54) is 18.2 Å². The van der Waals surface area contributed by atoms with E-state index in [-0.39, 0.29) is 23.7 Å². The minimum atomic E-state index is -1.16. The molecule has 1 fully saturated rings. The number of anilines is 1. The Balaban J connectivity index is 2.03. The molecule has 0 spiro atoms. The third-order valence-corrected chi connectivity index (χ3v) is 6.09. The standard InChI is InChI=1S/C22H18Br2N2O7/c1-3-32-17-8-12(16(24)9-18(17)33-10-19(27)28)7-14-20(29)25-22(31)26(21(14)30)13-4-5-15(23)11(2)6-13/h4-9H,3,10H2,1-2H3,(H,27,28)(H,25,29,31)/b14-7+. The van der Waals surface area contributed by atoms with Crippen molar-refractivity contribution in [3.05, 3.63) is 56.0 Å². The molecule has 0 radical (unpaired) electrons. The summed E-state index contributed by atoms with van der Waals surface area (Å²) in [4.78, 5) is 49.8. The Kier molecular flexibility index (Phi) is 7.54. The molecule has 0 bridgehead atoms. The molecule has 2 aromatic carbocycles. The summed E-state index contributed by atoms with van der Waals surface area (Å²) in [7, 11) is 0. The zero-order chi connectivity index (χ0) is 24.3. The number of aryl methyl sites for hydroxylation is 1. The van der Waals surface area contributed by atoms with Crippen molar-refractivity contribution in [3.63, 3.8) is 0 Å². The largest absolute Gasteiger partial charge is 0.490 e. The van der Waals surface area contributed by atoms with E-state index >= 15 is 0 Å². The first-order valence-electron chi connectivity index (χ1n) is 9.61. The van der Waals surface area contributed by atoms with E-state index < -0.39 is 30.4 Å². The number of imide groups is 2. The molecule has 2 aromatic rings. The number of urea groups is 1. The molecule has 1 saturated heterocycles. The second-order valence-corrected chi connectivity index (χ2v) is 8.54. The van der Waals surface area contributed by atoms with Gasteiger partial charge in [0.1, 0.15) is 5.57 Å². The third-order valence-electron chi connectivity index (χ3n) is 4.52. The lowest BCUT2D eigenvalue weighted by molar-refractivity contribution is -0.139. The van der Waals surface area contributed by atoms with Crippen LogP contribution in [0.1, 0.15) is 18.1 Å². The van der Waals surface area contributed by atoms with Crippen molar-refractivity contribution in [1.29, 1.82) is 0 Å². The molecule has 11 heteroatoms. The topological polar surface area (TPSA) is 122 Å². The Morgan fingerprint density at radius 1 is 1.09 bits per heavy atom. The molecule has 3 rings (SSSR count). The van der Waals surface area contributed by atoms with Crippen LogP contribution in [-0.4, -0.2) is 42.1 Å². The number of amides is 4. The number of rotatable bonds is 7. The molecule has 2 N–H and O–H groups in total. The molecule has 0 aliphatic carbocycles. The number of halogens is 2. The SMILES string of the molecule is CCOc1cc(/C=C2\C(=O)NC(=O)N(c3ccc(Br)c(C)c3)C2=O)c(Br)cc1OCC(=O)O. The van der Waals surface area contributed by atoms with Crippen LogP contribution < -0.4 is 19.7 Å². The highest BCUT2D eigenvalue weighted by molar-refractivity contribution is 9.10. The number of ether oxygens (including phenoxy) is 2. The van der Waals surface area contributed by atoms with Crippen LogP contribution >= 0.6 is 31.9 Å². The quantitative estimate of drug-likeness (QED) is 0.373. The van der Waals surface area contributed by atoms with Gasteiger partial charge in [0.15, 0.2) is 18.1 Å². The number of hydrogen-bond donors (Lipinski definition) is 2. The fourth-order valence-corrected chi connectivity index (χ4v) is 3.68.